The van der Waals surface area contributed by atoms with Crippen molar-refractivity contribution in [2.75, 3.05) is 93.3 Å². The molecule has 8 rings (SSSR count). The molecule has 0 radical (unpaired) electrons. The van der Waals surface area contributed by atoms with Crippen molar-refractivity contribution in [2.24, 2.45) is 0 Å². The van der Waals surface area contributed by atoms with Crippen molar-refractivity contribution in [3.63, 3.8) is 0 Å². The molecular weight excluding hydrogens is 832 g/mol. The Balaban J connectivity index is 0.833. The van der Waals surface area contributed by atoms with Gasteiger partial charge in [0.25, 0.3) is 0 Å². The Morgan fingerprint density at radius 3 is 1.62 bits per heavy atom. The predicted octanol–water partition coefficient (Wildman–Crippen LogP) is 7.64. The number of halogens is 2. The summed E-state index contributed by atoms with van der Waals surface area (Å²) in [5, 5.41) is 6.79. The molecule has 4 aromatic carbocycles. The molecule has 0 bridgehead atoms. The molecule has 332 valence electrons. The number of benzene rings is 4. The molecule has 1 atom stereocenters. The van der Waals surface area contributed by atoms with E-state index in [-0.39, 0.29) is 12.2 Å². The van der Waals surface area contributed by atoms with Gasteiger partial charge in [-0.05, 0) is 100 Å². The first-order chi connectivity index (χ1) is 30.8. The van der Waals surface area contributed by atoms with Crippen molar-refractivity contribution < 1.29 is 9.47 Å². The lowest BCUT2D eigenvalue weighted by Crippen LogP contribution is -2.47. The highest BCUT2D eigenvalue weighted by Gasteiger charge is 2.27. The van der Waals surface area contributed by atoms with Crippen LogP contribution in [0.15, 0.2) is 97.1 Å². The summed E-state index contributed by atoms with van der Waals surface area (Å²) in [7, 11) is 6.48. The third kappa shape index (κ3) is 12.0. The summed E-state index contributed by atoms with van der Waals surface area (Å²) in [5.74, 6) is 2.92. The number of piperazine rings is 2. The molecular formula is C49H60Cl2N10O2. The van der Waals surface area contributed by atoms with Gasteiger partial charge in [-0.2, -0.15) is 9.97 Å². The maximum atomic E-state index is 6.49. The van der Waals surface area contributed by atoms with E-state index in [9.17, 15) is 0 Å². The number of hydrogen-bond acceptors (Lipinski definition) is 12. The Morgan fingerprint density at radius 2 is 1.10 bits per heavy atom. The second-order valence-electron chi connectivity index (χ2n) is 16.9. The molecule has 14 heteroatoms. The maximum Gasteiger partial charge on any atom is 0.224 e. The normalized spacial score (nSPS) is 16.1. The van der Waals surface area contributed by atoms with E-state index < -0.39 is 0 Å². The van der Waals surface area contributed by atoms with Crippen LogP contribution in [0.2, 0.25) is 10.0 Å². The van der Waals surface area contributed by atoms with Gasteiger partial charge in [0.15, 0.2) is 0 Å². The quantitative estimate of drug-likeness (QED) is 0.0640. The van der Waals surface area contributed by atoms with Crippen molar-refractivity contribution >= 4 is 45.0 Å². The van der Waals surface area contributed by atoms with Crippen LogP contribution in [0.5, 0.6) is 11.8 Å². The molecule has 12 nitrogen and oxygen atoms in total. The molecule has 2 aliphatic rings. The third-order valence-corrected chi connectivity index (χ3v) is 12.7. The molecule has 0 spiro atoms. The average molecular weight is 892 g/mol. The van der Waals surface area contributed by atoms with Gasteiger partial charge in [-0.1, -0.05) is 71.7 Å². The molecule has 0 amide bonds. The molecule has 63 heavy (non-hydrogen) atoms. The van der Waals surface area contributed by atoms with Crippen molar-refractivity contribution in [3.8, 4) is 11.8 Å². The summed E-state index contributed by atoms with van der Waals surface area (Å²) >= 11 is 12.6. The van der Waals surface area contributed by atoms with Gasteiger partial charge in [-0.3, -0.25) is 24.5 Å². The Morgan fingerprint density at radius 1 is 0.603 bits per heavy atom. The van der Waals surface area contributed by atoms with Gasteiger partial charge < -0.3 is 14.8 Å². The van der Waals surface area contributed by atoms with E-state index in [1.54, 1.807) is 0 Å². The zero-order chi connectivity index (χ0) is 43.5. The number of para-hydroxylation sites is 2. The zero-order valence-corrected chi connectivity index (χ0v) is 38.3. The molecule has 2 aliphatic heterocycles. The number of nitrogens with zero attached hydrogens (tertiary/aromatic N) is 9. The van der Waals surface area contributed by atoms with Gasteiger partial charge in [0.2, 0.25) is 11.8 Å². The maximum absolute atomic E-state index is 6.49. The smallest absolute Gasteiger partial charge is 0.224 e. The van der Waals surface area contributed by atoms with Gasteiger partial charge in [0.05, 0.1) is 60.3 Å². The number of fused-ring (bicyclic) bond motifs is 2. The number of aromatic nitrogens is 4. The fourth-order valence-corrected chi connectivity index (χ4v) is 9.09. The summed E-state index contributed by atoms with van der Waals surface area (Å²) in [4.78, 5) is 31.8. The van der Waals surface area contributed by atoms with E-state index in [4.69, 9.17) is 52.6 Å². The Hall–Kier alpha value is -4.50. The molecule has 0 aliphatic carbocycles. The fraction of sp³-hybridized carbons (Fsp3) is 0.429. The number of ether oxygens (including phenoxy) is 2. The van der Waals surface area contributed by atoms with Crippen LogP contribution < -0.4 is 14.8 Å². The Labute approximate surface area is 382 Å². The fourth-order valence-electron chi connectivity index (χ4n) is 8.84. The van der Waals surface area contributed by atoms with E-state index in [1.807, 2.05) is 60.7 Å². The number of hydrogen-bond donors (Lipinski definition) is 1. The van der Waals surface area contributed by atoms with Crippen LogP contribution in [0.3, 0.4) is 0 Å². The molecule has 2 aromatic heterocycles. The lowest BCUT2D eigenvalue weighted by atomic mass is 9.96. The Bertz CT molecular complexity index is 2330. The first kappa shape index (κ1) is 45.1. The van der Waals surface area contributed by atoms with Crippen molar-refractivity contribution in [1.82, 2.24) is 49.8 Å². The van der Waals surface area contributed by atoms with Gasteiger partial charge in [0.1, 0.15) is 11.6 Å². The van der Waals surface area contributed by atoms with Gasteiger partial charge in [-0.25, -0.2) is 9.97 Å². The monoisotopic (exact) mass is 890 g/mol. The van der Waals surface area contributed by atoms with Gasteiger partial charge >= 0.3 is 0 Å². The minimum Gasteiger partial charge on any atom is -0.477 e. The van der Waals surface area contributed by atoms with E-state index in [2.05, 4.69) is 87.4 Å². The zero-order valence-electron chi connectivity index (χ0n) is 36.8. The van der Waals surface area contributed by atoms with Crippen molar-refractivity contribution in [2.45, 2.75) is 44.6 Å². The predicted molar refractivity (Wildman–Crippen MR) is 254 cm³/mol. The largest absolute Gasteiger partial charge is 0.477 e. The average Bonchev–Trinajstić information content (AvgIpc) is 3.29. The van der Waals surface area contributed by atoms with E-state index in [1.165, 1.54) is 11.1 Å². The van der Waals surface area contributed by atoms with Crippen LogP contribution in [-0.4, -0.2) is 144 Å². The lowest BCUT2D eigenvalue weighted by Gasteiger charge is -2.39. The summed E-state index contributed by atoms with van der Waals surface area (Å²) in [6, 6.07) is 32.8. The first-order valence-electron chi connectivity index (χ1n) is 22.3. The minimum atomic E-state index is 0.108. The molecule has 0 saturated carbocycles. The standard InChI is InChI=1S/C49H60Cl2N10O2/c1-57(2)46(58(3)25-9-33-63-49-41-11-5-7-13-43(41)53-44(55-49)34-59-26-23-52-24-27-59)14-8-32-62-48-40-10-4-6-12-42(40)54-45(56-48)35-60-28-30-61(31-29-60)47(36-15-19-38(50)20-16-36)37-17-21-39(51)22-18-37/h4-7,10-13,15-22,46-47,52H,8-9,14,23-35H2,1-3H3. The molecule has 2 saturated heterocycles. The highest BCUT2D eigenvalue weighted by molar-refractivity contribution is 6.30. The van der Waals surface area contributed by atoms with Gasteiger partial charge in [0, 0.05) is 68.9 Å². The lowest BCUT2D eigenvalue weighted by molar-refractivity contribution is 0.0842. The number of rotatable bonds is 19. The third-order valence-electron chi connectivity index (χ3n) is 12.2. The van der Waals surface area contributed by atoms with Gasteiger partial charge in [-0.15, -0.1) is 0 Å². The second kappa shape index (κ2) is 21.9. The molecule has 2 fully saturated rings. The van der Waals surface area contributed by atoms with Crippen LogP contribution in [0.25, 0.3) is 21.8 Å². The first-order valence-corrected chi connectivity index (χ1v) is 23.1. The molecule has 1 unspecified atom stereocenters. The second-order valence-corrected chi connectivity index (χ2v) is 17.8. The van der Waals surface area contributed by atoms with E-state index in [0.717, 1.165) is 128 Å². The van der Waals surface area contributed by atoms with Crippen molar-refractivity contribution in [1.29, 1.82) is 0 Å². The highest BCUT2D eigenvalue weighted by atomic mass is 35.5. The minimum absolute atomic E-state index is 0.108. The molecule has 1 N–H and O–H groups in total. The van der Waals surface area contributed by atoms with E-state index in [0.29, 0.717) is 31.5 Å². The SMILES string of the molecule is CN(C)C(CCCOc1nc(CN2CCN(C(c3ccc(Cl)cc3)c3ccc(Cl)cc3)CC2)nc2ccccc12)N(C)CCCOc1nc(CN2CCNCC2)nc2ccccc12. The summed E-state index contributed by atoms with van der Waals surface area (Å²) in [6.07, 6.45) is 2.95. The van der Waals surface area contributed by atoms with E-state index >= 15 is 0 Å². The topological polar surface area (TPSA) is 98.2 Å². The number of nitrogens with one attached hydrogen (secondary N) is 1. The van der Waals surface area contributed by atoms with Crippen LogP contribution >= 0.6 is 23.2 Å². The van der Waals surface area contributed by atoms with Crippen LogP contribution in [-0.2, 0) is 13.1 Å². The highest BCUT2D eigenvalue weighted by Crippen LogP contribution is 2.32. The summed E-state index contributed by atoms with van der Waals surface area (Å²) in [5.41, 5.74) is 4.26. The van der Waals surface area contributed by atoms with Crippen LogP contribution in [0, 0.1) is 0 Å². The Kier molecular flexibility index (Phi) is 15.7. The van der Waals surface area contributed by atoms with Crippen LogP contribution in [0.4, 0.5) is 0 Å². The molecule has 6 aromatic rings. The van der Waals surface area contributed by atoms with Crippen LogP contribution in [0.1, 0.15) is 48.1 Å². The summed E-state index contributed by atoms with van der Waals surface area (Å²) < 4.78 is 12.9. The summed E-state index contributed by atoms with van der Waals surface area (Å²) in [6.45, 7) is 11.0. The van der Waals surface area contributed by atoms with Crippen molar-refractivity contribution in [3.05, 3.63) is 130 Å². The molecule has 4 heterocycles.